The van der Waals surface area contributed by atoms with Gasteiger partial charge in [0.15, 0.2) is 0 Å². The first-order valence-corrected chi connectivity index (χ1v) is 7.46. The maximum absolute atomic E-state index is 11.4. The van der Waals surface area contributed by atoms with E-state index >= 15 is 0 Å². The molecule has 1 unspecified atom stereocenters. The highest BCUT2D eigenvalue weighted by Gasteiger charge is 2.25. The molecule has 22 heavy (non-hydrogen) atoms. The van der Waals surface area contributed by atoms with Gasteiger partial charge in [0.1, 0.15) is 5.75 Å². The Labute approximate surface area is 131 Å². The molecule has 4 nitrogen and oxygen atoms in total. The molecule has 0 aromatic heterocycles. The predicted molar refractivity (Wildman–Crippen MR) is 89.9 cm³/mol. The van der Waals surface area contributed by atoms with Gasteiger partial charge in [-0.25, -0.2) is 0 Å². The van der Waals surface area contributed by atoms with Crippen LogP contribution in [-0.2, 0) is 4.79 Å². The van der Waals surface area contributed by atoms with Gasteiger partial charge in [-0.05, 0) is 37.8 Å². The van der Waals surface area contributed by atoms with Crippen LogP contribution in [0, 0.1) is 5.41 Å². The second-order valence-electron chi connectivity index (χ2n) is 6.25. The van der Waals surface area contributed by atoms with Crippen LogP contribution in [0.25, 0.3) is 10.8 Å². The molecule has 1 amide bonds. The molecule has 0 aliphatic carbocycles. The number of nitrogens with two attached hydrogens (primary N) is 1. The van der Waals surface area contributed by atoms with Crippen molar-refractivity contribution in [3.8, 4) is 5.75 Å². The van der Waals surface area contributed by atoms with Gasteiger partial charge in [-0.15, -0.1) is 0 Å². The lowest BCUT2D eigenvalue weighted by atomic mass is 9.91. The molecular formula is C18H24N2O2. The summed E-state index contributed by atoms with van der Waals surface area (Å²) in [6.07, 6.45) is 0. The topological polar surface area (TPSA) is 64.3 Å². The van der Waals surface area contributed by atoms with E-state index in [9.17, 15) is 4.79 Å². The van der Waals surface area contributed by atoms with Crippen molar-refractivity contribution in [1.29, 1.82) is 0 Å². The highest BCUT2D eigenvalue weighted by molar-refractivity contribution is 5.91. The summed E-state index contributed by atoms with van der Waals surface area (Å²) in [5.41, 5.74) is 6.03. The van der Waals surface area contributed by atoms with Gasteiger partial charge < -0.3 is 15.8 Å². The molecule has 0 radical (unpaired) electrons. The standard InChI is InChI=1S/C18H24N2O2/c1-12(20-11-18(2,3)17(19)21)13-9-10-16(22-4)15-8-6-5-7-14(13)15/h5-10,12,20H,11H2,1-4H3,(H2,19,21). The molecule has 4 heteroatoms. The zero-order valence-corrected chi connectivity index (χ0v) is 13.6. The number of methoxy groups -OCH3 is 1. The van der Waals surface area contributed by atoms with Crippen molar-refractivity contribution < 1.29 is 9.53 Å². The maximum atomic E-state index is 11.4. The van der Waals surface area contributed by atoms with Gasteiger partial charge in [0, 0.05) is 18.0 Å². The fraction of sp³-hybridized carbons (Fsp3) is 0.389. The van der Waals surface area contributed by atoms with Crippen LogP contribution in [0.2, 0.25) is 0 Å². The molecule has 2 aromatic rings. The highest BCUT2D eigenvalue weighted by Crippen LogP contribution is 2.31. The second-order valence-corrected chi connectivity index (χ2v) is 6.25. The molecule has 0 saturated heterocycles. The van der Waals surface area contributed by atoms with E-state index in [-0.39, 0.29) is 11.9 Å². The Hall–Kier alpha value is -2.07. The number of carbonyl (C=O) groups excluding carboxylic acids is 1. The van der Waals surface area contributed by atoms with E-state index in [4.69, 9.17) is 10.5 Å². The Morgan fingerprint density at radius 1 is 1.23 bits per heavy atom. The third-order valence-corrected chi connectivity index (χ3v) is 4.12. The van der Waals surface area contributed by atoms with Crippen LogP contribution in [-0.4, -0.2) is 19.6 Å². The molecule has 3 N–H and O–H groups in total. The number of amides is 1. The van der Waals surface area contributed by atoms with E-state index in [0.29, 0.717) is 6.54 Å². The largest absolute Gasteiger partial charge is 0.496 e. The molecule has 2 aromatic carbocycles. The highest BCUT2D eigenvalue weighted by atomic mass is 16.5. The third-order valence-electron chi connectivity index (χ3n) is 4.12. The molecule has 0 heterocycles. The first kappa shape index (κ1) is 16.3. The molecular weight excluding hydrogens is 276 g/mol. The first-order valence-electron chi connectivity index (χ1n) is 7.46. The van der Waals surface area contributed by atoms with Crippen LogP contribution in [0.3, 0.4) is 0 Å². The quantitative estimate of drug-likeness (QED) is 0.862. The van der Waals surface area contributed by atoms with Gasteiger partial charge in [0.05, 0.1) is 12.5 Å². The van der Waals surface area contributed by atoms with Gasteiger partial charge >= 0.3 is 0 Å². The minimum absolute atomic E-state index is 0.106. The smallest absolute Gasteiger partial charge is 0.224 e. The average molecular weight is 300 g/mol. The van der Waals surface area contributed by atoms with E-state index in [0.717, 1.165) is 16.5 Å². The van der Waals surface area contributed by atoms with Gasteiger partial charge in [-0.2, -0.15) is 0 Å². The van der Waals surface area contributed by atoms with Gasteiger partial charge in [0.25, 0.3) is 0 Å². The molecule has 0 fully saturated rings. The van der Waals surface area contributed by atoms with Crippen molar-refractivity contribution >= 4 is 16.7 Å². The summed E-state index contributed by atoms with van der Waals surface area (Å²) < 4.78 is 5.43. The number of ether oxygens (including phenoxy) is 1. The Morgan fingerprint density at radius 3 is 2.45 bits per heavy atom. The van der Waals surface area contributed by atoms with Crippen LogP contribution in [0.5, 0.6) is 5.75 Å². The molecule has 0 spiro atoms. The summed E-state index contributed by atoms with van der Waals surface area (Å²) in [5, 5.41) is 5.65. The SMILES string of the molecule is COc1ccc(C(C)NCC(C)(C)C(N)=O)c2ccccc12. The molecule has 2 rings (SSSR count). The average Bonchev–Trinajstić information content (AvgIpc) is 2.51. The third kappa shape index (κ3) is 3.22. The maximum Gasteiger partial charge on any atom is 0.224 e. The zero-order valence-electron chi connectivity index (χ0n) is 13.6. The Bertz CT molecular complexity index is 680. The Morgan fingerprint density at radius 2 is 1.86 bits per heavy atom. The van der Waals surface area contributed by atoms with E-state index in [1.165, 1.54) is 5.56 Å². The zero-order chi connectivity index (χ0) is 16.3. The lowest BCUT2D eigenvalue weighted by Crippen LogP contribution is -2.41. The first-order chi connectivity index (χ1) is 10.4. The van der Waals surface area contributed by atoms with Crippen molar-refractivity contribution in [3.63, 3.8) is 0 Å². The van der Waals surface area contributed by atoms with Gasteiger partial charge in [0.2, 0.25) is 5.91 Å². The minimum atomic E-state index is -0.573. The molecule has 0 saturated carbocycles. The number of carbonyl (C=O) groups is 1. The Kier molecular flexibility index (Phi) is 4.71. The molecule has 0 bridgehead atoms. The lowest BCUT2D eigenvalue weighted by Gasteiger charge is -2.25. The van der Waals surface area contributed by atoms with E-state index < -0.39 is 5.41 Å². The number of fused-ring (bicyclic) bond motifs is 1. The number of rotatable bonds is 6. The second kappa shape index (κ2) is 6.36. The van der Waals surface area contributed by atoms with Crippen molar-refractivity contribution in [3.05, 3.63) is 42.0 Å². The number of hydrogen-bond acceptors (Lipinski definition) is 3. The van der Waals surface area contributed by atoms with Gasteiger partial charge in [-0.3, -0.25) is 4.79 Å². The van der Waals surface area contributed by atoms with Crippen molar-refractivity contribution in [2.24, 2.45) is 11.1 Å². The number of nitrogens with one attached hydrogen (secondary N) is 1. The molecule has 0 aliphatic heterocycles. The van der Waals surface area contributed by atoms with Crippen molar-refractivity contribution in [2.45, 2.75) is 26.8 Å². The monoisotopic (exact) mass is 300 g/mol. The van der Waals surface area contributed by atoms with Crippen LogP contribution < -0.4 is 15.8 Å². The number of primary amides is 1. The van der Waals surface area contributed by atoms with Crippen LogP contribution >= 0.6 is 0 Å². The summed E-state index contributed by atoms with van der Waals surface area (Å²) in [6.45, 7) is 6.32. The molecule has 1 atom stereocenters. The minimum Gasteiger partial charge on any atom is -0.496 e. The summed E-state index contributed by atoms with van der Waals surface area (Å²) in [5.74, 6) is 0.566. The van der Waals surface area contributed by atoms with Gasteiger partial charge in [-0.1, -0.05) is 30.3 Å². The normalized spacial score (nSPS) is 13.1. The predicted octanol–water partition coefficient (Wildman–Crippen LogP) is 3.01. The Balaban J connectivity index is 2.29. The summed E-state index contributed by atoms with van der Waals surface area (Å²) in [6, 6.07) is 12.3. The van der Waals surface area contributed by atoms with Crippen molar-refractivity contribution in [1.82, 2.24) is 5.32 Å². The van der Waals surface area contributed by atoms with E-state index in [1.807, 2.05) is 32.0 Å². The van der Waals surface area contributed by atoms with Crippen LogP contribution in [0.1, 0.15) is 32.4 Å². The van der Waals surface area contributed by atoms with E-state index in [2.05, 4.69) is 30.4 Å². The molecule has 0 aliphatic rings. The summed E-state index contributed by atoms with van der Waals surface area (Å²) in [7, 11) is 1.68. The summed E-state index contributed by atoms with van der Waals surface area (Å²) >= 11 is 0. The van der Waals surface area contributed by atoms with Crippen molar-refractivity contribution in [2.75, 3.05) is 13.7 Å². The van der Waals surface area contributed by atoms with Crippen LogP contribution in [0.4, 0.5) is 0 Å². The number of hydrogen-bond donors (Lipinski definition) is 2. The summed E-state index contributed by atoms with van der Waals surface area (Å²) in [4.78, 5) is 11.4. The fourth-order valence-electron chi connectivity index (χ4n) is 2.46. The molecule has 118 valence electrons. The number of benzene rings is 2. The van der Waals surface area contributed by atoms with Crippen LogP contribution in [0.15, 0.2) is 36.4 Å². The van der Waals surface area contributed by atoms with E-state index in [1.54, 1.807) is 7.11 Å². The lowest BCUT2D eigenvalue weighted by molar-refractivity contribution is -0.125. The fourth-order valence-corrected chi connectivity index (χ4v) is 2.46.